The molecule has 0 fully saturated rings. The van der Waals surface area contributed by atoms with Crippen LogP contribution >= 0.6 is 0 Å². The van der Waals surface area contributed by atoms with Crippen LogP contribution in [0.25, 0.3) is 0 Å². The Hall–Kier alpha value is -1.40. The molecule has 0 radical (unpaired) electrons. The molecular weight excluding hydrogens is 324 g/mol. The first-order chi connectivity index (χ1) is 11.2. The Kier molecular flexibility index (Phi) is 7.90. The number of benzene rings is 1. The second kappa shape index (κ2) is 9.18. The van der Waals surface area contributed by atoms with Crippen molar-refractivity contribution in [1.29, 1.82) is 0 Å². The van der Waals surface area contributed by atoms with E-state index >= 15 is 0 Å². The molecule has 0 aliphatic carbocycles. The van der Waals surface area contributed by atoms with E-state index < -0.39 is 10.0 Å². The van der Waals surface area contributed by atoms with Gasteiger partial charge in [-0.2, -0.15) is 4.31 Å². The normalized spacial score (nSPS) is 13.3. The zero-order chi connectivity index (χ0) is 18.3. The fourth-order valence-electron chi connectivity index (χ4n) is 2.32. The quantitative estimate of drug-likeness (QED) is 0.691. The first kappa shape index (κ1) is 20.6. The molecule has 0 spiro atoms. The topological polar surface area (TPSA) is 66.5 Å². The molecule has 5 nitrogen and oxygen atoms in total. The Morgan fingerprint density at radius 3 is 2.46 bits per heavy atom. The van der Waals surface area contributed by atoms with Crippen LogP contribution in [-0.2, 0) is 10.0 Å². The summed E-state index contributed by atoms with van der Waals surface area (Å²) in [6, 6.07) is 6.15. The lowest BCUT2D eigenvalue weighted by molar-refractivity contribution is 0.0937. The number of hydrogen-bond acceptors (Lipinski definition) is 3. The smallest absolute Gasteiger partial charge is 0.251 e. The van der Waals surface area contributed by atoms with Crippen molar-refractivity contribution in [2.75, 3.05) is 7.05 Å². The summed E-state index contributed by atoms with van der Waals surface area (Å²) in [5.41, 5.74) is 0.371. The van der Waals surface area contributed by atoms with Crippen LogP contribution in [0.5, 0.6) is 0 Å². The van der Waals surface area contributed by atoms with E-state index in [1.54, 1.807) is 19.2 Å². The minimum Gasteiger partial charge on any atom is -0.350 e. The van der Waals surface area contributed by atoms with Gasteiger partial charge in [0.1, 0.15) is 0 Å². The molecule has 1 amide bonds. The largest absolute Gasteiger partial charge is 0.350 e. The highest BCUT2D eigenvalue weighted by atomic mass is 32.2. The summed E-state index contributed by atoms with van der Waals surface area (Å²) < 4.78 is 26.4. The molecule has 136 valence electrons. The molecule has 0 saturated carbocycles. The standard InChI is InChI=1S/C18H30N2O3S/c1-6-7-8-10-15(4)19-18(21)16-11-9-12-17(13-16)24(22,23)20(5)14(2)3/h9,11-15H,6-8,10H2,1-5H3,(H,19,21). The van der Waals surface area contributed by atoms with Gasteiger partial charge in [0.05, 0.1) is 4.90 Å². The predicted octanol–water partition coefficient (Wildman–Crippen LogP) is 3.41. The second-order valence-corrected chi connectivity index (χ2v) is 8.51. The third kappa shape index (κ3) is 5.60. The summed E-state index contributed by atoms with van der Waals surface area (Å²) in [5.74, 6) is -0.233. The van der Waals surface area contributed by atoms with Crippen LogP contribution in [-0.4, -0.2) is 37.8 Å². The highest BCUT2D eigenvalue weighted by Gasteiger charge is 2.24. The van der Waals surface area contributed by atoms with Crippen molar-refractivity contribution in [2.45, 2.75) is 70.4 Å². The van der Waals surface area contributed by atoms with Gasteiger partial charge in [-0.25, -0.2) is 8.42 Å². The molecule has 0 aliphatic rings. The highest BCUT2D eigenvalue weighted by Crippen LogP contribution is 2.18. The van der Waals surface area contributed by atoms with Gasteiger partial charge in [0, 0.05) is 24.7 Å². The number of carbonyl (C=O) groups is 1. The van der Waals surface area contributed by atoms with Gasteiger partial charge >= 0.3 is 0 Å². The Morgan fingerprint density at radius 1 is 1.21 bits per heavy atom. The van der Waals surface area contributed by atoms with Crippen molar-refractivity contribution in [3.8, 4) is 0 Å². The molecule has 6 heteroatoms. The van der Waals surface area contributed by atoms with Crippen LogP contribution < -0.4 is 5.32 Å². The summed E-state index contributed by atoms with van der Waals surface area (Å²) >= 11 is 0. The lowest BCUT2D eigenvalue weighted by atomic mass is 10.1. The molecule has 1 aromatic carbocycles. The van der Waals surface area contributed by atoms with E-state index in [1.807, 2.05) is 20.8 Å². The number of nitrogens with zero attached hydrogens (tertiary/aromatic N) is 1. The maximum absolute atomic E-state index is 12.5. The fourth-order valence-corrected chi connectivity index (χ4v) is 3.74. The maximum atomic E-state index is 12.5. The van der Waals surface area contributed by atoms with Crippen LogP contribution in [0.3, 0.4) is 0 Å². The van der Waals surface area contributed by atoms with Gasteiger partial charge in [0.2, 0.25) is 10.0 Å². The van der Waals surface area contributed by atoms with Gasteiger partial charge < -0.3 is 5.32 Å². The molecule has 24 heavy (non-hydrogen) atoms. The summed E-state index contributed by atoms with van der Waals surface area (Å²) in [6.07, 6.45) is 4.29. The Labute approximate surface area is 146 Å². The number of rotatable bonds is 9. The van der Waals surface area contributed by atoms with Crippen molar-refractivity contribution in [1.82, 2.24) is 9.62 Å². The predicted molar refractivity (Wildman–Crippen MR) is 97.6 cm³/mol. The molecular formula is C18H30N2O3S. The zero-order valence-corrected chi connectivity index (χ0v) is 16.2. The van der Waals surface area contributed by atoms with E-state index in [1.165, 1.54) is 16.4 Å². The molecule has 1 unspecified atom stereocenters. The van der Waals surface area contributed by atoms with E-state index in [2.05, 4.69) is 12.2 Å². The summed E-state index contributed by atoms with van der Waals surface area (Å²) in [6.45, 7) is 7.74. The van der Waals surface area contributed by atoms with Crippen molar-refractivity contribution < 1.29 is 13.2 Å². The molecule has 0 heterocycles. The van der Waals surface area contributed by atoms with Crippen LogP contribution in [0.2, 0.25) is 0 Å². The van der Waals surface area contributed by atoms with Gasteiger partial charge in [-0.1, -0.05) is 32.3 Å². The molecule has 0 aromatic heterocycles. The van der Waals surface area contributed by atoms with E-state index in [4.69, 9.17) is 0 Å². The number of sulfonamides is 1. The Balaban J connectivity index is 2.87. The van der Waals surface area contributed by atoms with Crippen LogP contribution in [0.4, 0.5) is 0 Å². The zero-order valence-electron chi connectivity index (χ0n) is 15.4. The van der Waals surface area contributed by atoms with Gasteiger partial charge in [-0.05, 0) is 45.4 Å². The fraction of sp³-hybridized carbons (Fsp3) is 0.611. The third-order valence-corrected chi connectivity index (χ3v) is 6.15. The van der Waals surface area contributed by atoms with Crippen molar-refractivity contribution in [2.24, 2.45) is 0 Å². The van der Waals surface area contributed by atoms with Crippen molar-refractivity contribution >= 4 is 15.9 Å². The average molecular weight is 355 g/mol. The van der Waals surface area contributed by atoms with E-state index in [9.17, 15) is 13.2 Å². The van der Waals surface area contributed by atoms with Crippen LogP contribution in [0.1, 0.15) is 63.7 Å². The Bertz CT molecular complexity index is 641. The second-order valence-electron chi connectivity index (χ2n) is 6.51. The van der Waals surface area contributed by atoms with E-state index in [0.717, 1.165) is 25.7 Å². The van der Waals surface area contributed by atoms with E-state index in [-0.39, 0.29) is 22.9 Å². The van der Waals surface area contributed by atoms with Gasteiger partial charge in [0.15, 0.2) is 0 Å². The molecule has 1 atom stereocenters. The third-order valence-electron chi connectivity index (χ3n) is 4.12. The van der Waals surface area contributed by atoms with Gasteiger partial charge in [0.25, 0.3) is 5.91 Å². The summed E-state index contributed by atoms with van der Waals surface area (Å²) in [5, 5.41) is 2.94. The molecule has 0 aliphatic heterocycles. The summed E-state index contributed by atoms with van der Waals surface area (Å²) in [4.78, 5) is 12.5. The minimum atomic E-state index is -3.59. The molecule has 0 saturated heterocycles. The highest BCUT2D eigenvalue weighted by molar-refractivity contribution is 7.89. The lowest BCUT2D eigenvalue weighted by Gasteiger charge is -2.21. The Morgan fingerprint density at radius 2 is 1.88 bits per heavy atom. The van der Waals surface area contributed by atoms with Crippen LogP contribution in [0, 0.1) is 0 Å². The molecule has 1 aromatic rings. The van der Waals surface area contributed by atoms with Crippen LogP contribution in [0.15, 0.2) is 29.2 Å². The monoisotopic (exact) mass is 354 g/mol. The molecule has 1 N–H and O–H groups in total. The molecule has 1 rings (SSSR count). The van der Waals surface area contributed by atoms with Gasteiger partial charge in [-0.15, -0.1) is 0 Å². The number of amides is 1. The summed E-state index contributed by atoms with van der Waals surface area (Å²) in [7, 11) is -2.04. The maximum Gasteiger partial charge on any atom is 0.251 e. The average Bonchev–Trinajstić information content (AvgIpc) is 2.54. The van der Waals surface area contributed by atoms with Crippen molar-refractivity contribution in [3.63, 3.8) is 0 Å². The number of carbonyl (C=O) groups excluding carboxylic acids is 1. The minimum absolute atomic E-state index is 0.0719. The lowest BCUT2D eigenvalue weighted by Crippen LogP contribution is -2.34. The molecule has 0 bridgehead atoms. The number of nitrogens with one attached hydrogen (secondary N) is 1. The van der Waals surface area contributed by atoms with E-state index in [0.29, 0.717) is 5.56 Å². The number of unbranched alkanes of at least 4 members (excludes halogenated alkanes) is 2. The van der Waals surface area contributed by atoms with Crippen molar-refractivity contribution in [3.05, 3.63) is 29.8 Å². The SMILES string of the molecule is CCCCCC(C)NC(=O)c1cccc(S(=O)(=O)N(C)C(C)C)c1. The first-order valence-corrected chi connectivity index (χ1v) is 10.0. The first-order valence-electron chi connectivity index (χ1n) is 8.59. The number of hydrogen-bond donors (Lipinski definition) is 1. The van der Waals surface area contributed by atoms with Gasteiger partial charge in [-0.3, -0.25) is 4.79 Å².